The van der Waals surface area contributed by atoms with Gasteiger partial charge >= 0.3 is 0 Å². The fourth-order valence-corrected chi connectivity index (χ4v) is 9.37. The Morgan fingerprint density at radius 2 is 1.71 bits per heavy atom. The molecule has 0 aromatic rings. The van der Waals surface area contributed by atoms with Gasteiger partial charge in [-0.05, 0) is 111 Å². The van der Waals surface area contributed by atoms with Gasteiger partial charge in [0.15, 0.2) is 0 Å². The third kappa shape index (κ3) is 3.25. The highest BCUT2D eigenvalue weighted by Gasteiger charge is 2.63. The van der Waals surface area contributed by atoms with E-state index in [0.717, 1.165) is 25.7 Å². The first kappa shape index (κ1) is 23.6. The lowest BCUT2D eigenvalue weighted by Crippen LogP contribution is -2.55. The van der Waals surface area contributed by atoms with E-state index in [1.54, 1.807) is 11.1 Å². The summed E-state index contributed by atoms with van der Waals surface area (Å²) in [5.41, 5.74) is 4.47. The van der Waals surface area contributed by atoms with E-state index in [2.05, 4.69) is 53.7 Å². The molecule has 2 heteroatoms. The zero-order chi connectivity index (χ0) is 22.7. The largest absolute Gasteiger partial charge is 0.396 e. The Labute approximate surface area is 191 Å². The van der Waals surface area contributed by atoms with Crippen molar-refractivity contribution in [2.24, 2.45) is 39.4 Å². The van der Waals surface area contributed by atoms with Crippen molar-refractivity contribution in [1.29, 1.82) is 0 Å². The minimum absolute atomic E-state index is 0.0141. The van der Waals surface area contributed by atoms with Crippen molar-refractivity contribution in [2.45, 2.75) is 112 Å². The van der Waals surface area contributed by atoms with Gasteiger partial charge in [0.2, 0.25) is 0 Å². The molecule has 176 valence electrons. The van der Waals surface area contributed by atoms with E-state index in [-0.39, 0.29) is 22.3 Å². The quantitative estimate of drug-likeness (QED) is 0.460. The SMILES string of the molecule is C/C=C\CCC(CO)[C@H]1CC[C@@]2(C)C3=C(CC[C@]12C)[C@@]1(C)CC[C@H](O)C(C)(C)C1CC3. The van der Waals surface area contributed by atoms with Gasteiger partial charge in [-0.3, -0.25) is 0 Å². The average Bonchev–Trinajstić information content (AvgIpc) is 3.00. The van der Waals surface area contributed by atoms with Crippen LogP contribution in [0.4, 0.5) is 0 Å². The topological polar surface area (TPSA) is 40.5 Å². The maximum Gasteiger partial charge on any atom is 0.0594 e. The Kier molecular flexibility index (Phi) is 6.09. The fraction of sp³-hybridized carbons (Fsp3) is 0.862. The third-order valence-corrected chi connectivity index (χ3v) is 11.5. The molecule has 7 atom stereocenters. The summed E-state index contributed by atoms with van der Waals surface area (Å²) in [6.07, 6.45) is 16.1. The van der Waals surface area contributed by atoms with Crippen LogP contribution in [0.25, 0.3) is 0 Å². The van der Waals surface area contributed by atoms with Gasteiger partial charge in [0.25, 0.3) is 0 Å². The fourth-order valence-electron chi connectivity index (χ4n) is 9.37. The molecule has 0 bridgehead atoms. The lowest BCUT2D eigenvalue weighted by molar-refractivity contribution is -0.0966. The molecule has 4 rings (SSSR count). The molecule has 0 aromatic carbocycles. The minimum Gasteiger partial charge on any atom is -0.396 e. The molecule has 0 amide bonds. The smallest absolute Gasteiger partial charge is 0.0594 e. The molecule has 2 nitrogen and oxygen atoms in total. The van der Waals surface area contributed by atoms with Gasteiger partial charge < -0.3 is 10.2 Å². The van der Waals surface area contributed by atoms with E-state index in [9.17, 15) is 10.2 Å². The van der Waals surface area contributed by atoms with E-state index in [1.165, 1.54) is 38.5 Å². The van der Waals surface area contributed by atoms with Crippen LogP contribution in [0.3, 0.4) is 0 Å². The molecule has 0 aliphatic heterocycles. The van der Waals surface area contributed by atoms with E-state index < -0.39 is 0 Å². The van der Waals surface area contributed by atoms with E-state index >= 15 is 0 Å². The van der Waals surface area contributed by atoms with Crippen molar-refractivity contribution in [2.75, 3.05) is 6.61 Å². The molecule has 2 N–H and O–H groups in total. The molecular formula is C29H48O2. The highest BCUT2D eigenvalue weighted by molar-refractivity contribution is 5.38. The molecular weight excluding hydrogens is 380 g/mol. The monoisotopic (exact) mass is 428 g/mol. The van der Waals surface area contributed by atoms with Gasteiger partial charge in [-0.2, -0.15) is 0 Å². The summed E-state index contributed by atoms with van der Waals surface area (Å²) < 4.78 is 0. The van der Waals surface area contributed by atoms with Crippen molar-refractivity contribution in [3.63, 3.8) is 0 Å². The maximum absolute atomic E-state index is 10.8. The molecule has 0 aromatic heterocycles. The lowest BCUT2D eigenvalue weighted by Gasteiger charge is -2.62. The Morgan fingerprint density at radius 1 is 0.968 bits per heavy atom. The van der Waals surface area contributed by atoms with Crippen molar-refractivity contribution >= 4 is 0 Å². The van der Waals surface area contributed by atoms with Gasteiger partial charge in [-0.1, -0.05) is 57.9 Å². The molecule has 0 heterocycles. The summed E-state index contributed by atoms with van der Waals surface area (Å²) in [5, 5.41) is 21.1. The number of hydrogen-bond donors (Lipinski definition) is 2. The highest BCUT2D eigenvalue weighted by Crippen LogP contribution is 2.72. The number of aliphatic hydroxyl groups excluding tert-OH is 2. The molecule has 31 heavy (non-hydrogen) atoms. The Hall–Kier alpha value is -0.600. The maximum atomic E-state index is 10.8. The van der Waals surface area contributed by atoms with Crippen molar-refractivity contribution in [3.8, 4) is 0 Å². The lowest BCUT2D eigenvalue weighted by atomic mass is 9.43. The van der Waals surface area contributed by atoms with Crippen molar-refractivity contribution in [3.05, 3.63) is 23.3 Å². The number of allylic oxidation sites excluding steroid dienone is 4. The molecule has 2 unspecified atom stereocenters. The van der Waals surface area contributed by atoms with Gasteiger partial charge in [0.1, 0.15) is 0 Å². The molecule has 4 aliphatic rings. The second-order valence-electron chi connectivity index (χ2n) is 12.8. The van der Waals surface area contributed by atoms with Crippen LogP contribution in [-0.4, -0.2) is 22.9 Å². The minimum atomic E-state index is -0.157. The summed E-state index contributed by atoms with van der Waals surface area (Å²) in [6.45, 7) is 14.8. The second-order valence-corrected chi connectivity index (χ2v) is 12.8. The van der Waals surface area contributed by atoms with E-state index in [4.69, 9.17) is 0 Å². The van der Waals surface area contributed by atoms with Crippen molar-refractivity contribution in [1.82, 2.24) is 0 Å². The van der Waals surface area contributed by atoms with Gasteiger partial charge in [0, 0.05) is 6.61 Å². The predicted octanol–water partition coefficient (Wildman–Crippen LogP) is 7.06. The highest BCUT2D eigenvalue weighted by atomic mass is 16.3. The normalized spacial score (nSPS) is 45.4. The Bertz CT molecular complexity index is 748. The summed E-state index contributed by atoms with van der Waals surface area (Å²) >= 11 is 0. The van der Waals surface area contributed by atoms with Crippen LogP contribution in [0.15, 0.2) is 23.3 Å². The average molecular weight is 429 g/mol. The van der Waals surface area contributed by atoms with Crippen LogP contribution in [0, 0.1) is 39.4 Å². The summed E-state index contributed by atoms with van der Waals surface area (Å²) in [5.74, 6) is 1.66. The summed E-state index contributed by atoms with van der Waals surface area (Å²) in [6, 6.07) is 0. The van der Waals surface area contributed by atoms with Crippen LogP contribution in [0.2, 0.25) is 0 Å². The molecule has 4 aliphatic carbocycles. The standard InChI is InChI=1S/C29H48O2/c1-7-8-9-10-20(19-30)21-13-17-29(6)23-11-12-24-26(2,3)25(31)15-16-27(24,4)22(23)14-18-28(21,29)5/h7-8,20-21,24-25,30-31H,9-19H2,1-6H3/b8-7-/t20?,21-,24?,25+,27-,28-,29+/m1/s1. The van der Waals surface area contributed by atoms with E-state index in [0.29, 0.717) is 29.8 Å². The van der Waals surface area contributed by atoms with Crippen LogP contribution in [0.1, 0.15) is 106 Å². The molecule has 2 saturated carbocycles. The zero-order valence-electron chi connectivity index (χ0n) is 21.1. The number of rotatable bonds is 5. The molecule has 0 spiro atoms. The summed E-state index contributed by atoms with van der Waals surface area (Å²) in [7, 11) is 0. The predicted molar refractivity (Wildman–Crippen MR) is 130 cm³/mol. The second kappa shape index (κ2) is 8.01. The molecule has 0 radical (unpaired) electrons. The molecule has 2 fully saturated rings. The van der Waals surface area contributed by atoms with Crippen LogP contribution < -0.4 is 0 Å². The first-order valence-corrected chi connectivity index (χ1v) is 13.2. The number of aliphatic hydroxyl groups is 2. The van der Waals surface area contributed by atoms with Crippen molar-refractivity contribution < 1.29 is 10.2 Å². The van der Waals surface area contributed by atoms with Crippen LogP contribution in [0.5, 0.6) is 0 Å². The third-order valence-electron chi connectivity index (χ3n) is 11.5. The van der Waals surface area contributed by atoms with Gasteiger partial charge in [-0.25, -0.2) is 0 Å². The van der Waals surface area contributed by atoms with Gasteiger partial charge in [0.05, 0.1) is 6.10 Å². The molecule has 0 saturated heterocycles. The zero-order valence-corrected chi connectivity index (χ0v) is 21.1. The first-order chi connectivity index (χ1) is 14.6. The number of fused-ring (bicyclic) bond motifs is 4. The Morgan fingerprint density at radius 3 is 2.39 bits per heavy atom. The van der Waals surface area contributed by atoms with Gasteiger partial charge in [-0.15, -0.1) is 0 Å². The van der Waals surface area contributed by atoms with Crippen LogP contribution >= 0.6 is 0 Å². The Balaban J connectivity index is 1.68. The number of hydrogen-bond acceptors (Lipinski definition) is 2. The first-order valence-electron chi connectivity index (χ1n) is 13.2. The summed E-state index contributed by atoms with van der Waals surface area (Å²) in [4.78, 5) is 0. The van der Waals surface area contributed by atoms with Crippen LogP contribution in [-0.2, 0) is 0 Å². The van der Waals surface area contributed by atoms with E-state index in [1.807, 2.05) is 0 Å².